The van der Waals surface area contributed by atoms with Crippen LogP contribution in [0.5, 0.6) is 0 Å². The summed E-state index contributed by atoms with van der Waals surface area (Å²) in [7, 11) is 0. The Kier molecular flexibility index (Phi) is 979. The van der Waals surface area contributed by atoms with E-state index in [-0.39, 0.29) is 143 Å². The SMILES string of the molecule is [Ba+2].[O-2].[O-2].[O-2].[O-2].[O-2].[Sr+2].[W+6]. The summed E-state index contributed by atoms with van der Waals surface area (Å²) in [4.78, 5) is 0. The van der Waals surface area contributed by atoms with Crippen molar-refractivity contribution in [3.05, 3.63) is 0 Å². The van der Waals surface area contributed by atoms with E-state index in [9.17, 15) is 0 Å². The fourth-order valence-electron chi connectivity index (χ4n) is 0. The van der Waals surface area contributed by atoms with E-state index in [4.69, 9.17) is 0 Å². The molecule has 0 bridgehead atoms. The van der Waals surface area contributed by atoms with Crippen LogP contribution in [0.15, 0.2) is 0 Å². The van der Waals surface area contributed by atoms with E-state index in [0.717, 1.165) is 0 Å². The molecule has 5 nitrogen and oxygen atoms in total. The number of hydrogen-bond donors (Lipinski definition) is 0. The molecule has 0 radical (unpaired) electrons. The van der Waals surface area contributed by atoms with Gasteiger partial charge in [-0.05, 0) is 0 Å². The molecule has 40 valence electrons. The minimum absolute atomic E-state index is 0. The van der Waals surface area contributed by atoms with Gasteiger partial charge in [-0.2, -0.15) is 0 Å². The van der Waals surface area contributed by atoms with Gasteiger partial charge in [0.05, 0.1) is 0 Å². The minimum atomic E-state index is 0. The third-order valence-electron chi connectivity index (χ3n) is 0. The van der Waals surface area contributed by atoms with Crippen molar-refractivity contribution in [2.24, 2.45) is 0 Å². The van der Waals surface area contributed by atoms with Crippen molar-refractivity contribution in [3.8, 4) is 0 Å². The first-order valence-corrected chi connectivity index (χ1v) is 0. The molecule has 0 N–H and O–H groups in total. The monoisotopic (exact) mass is 490 g/mol. The Bertz CT molecular complexity index is 12.4. The first kappa shape index (κ1) is 102. The molecule has 0 aliphatic rings. The molecule has 0 saturated heterocycles. The van der Waals surface area contributed by atoms with Gasteiger partial charge in [0.15, 0.2) is 0 Å². The quantitative estimate of drug-likeness (QED) is 0.371. The standard InChI is InChI=1S/Ba.5O.Sr.W/q+2;5*-2;+2;+6. The summed E-state index contributed by atoms with van der Waals surface area (Å²) >= 11 is 0. The van der Waals surface area contributed by atoms with Crippen LogP contribution >= 0.6 is 0 Å². The average molecular weight is 489 g/mol. The predicted molar refractivity (Wildman–Crippen MR) is 14.9 cm³/mol. The Balaban J connectivity index is 0. The van der Waals surface area contributed by atoms with E-state index in [1.807, 2.05) is 0 Å². The van der Waals surface area contributed by atoms with Gasteiger partial charge in [-0.15, -0.1) is 0 Å². The molecule has 0 atom stereocenters. The van der Waals surface area contributed by atoms with Crippen LogP contribution in [0.1, 0.15) is 0 Å². The van der Waals surface area contributed by atoms with E-state index >= 15 is 0 Å². The van der Waals surface area contributed by atoms with E-state index in [0.29, 0.717) is 0 Å². The molecule has 0 aliphatic heterocycles. The van der Waals surface area contributed by atoms with Crippen molar-refractivity contribution in [1.82, 2.24) is 0 Å². The smallest absolute Gasteiger partial charge is 2.00 e. The van der Waals surface area contributed by atoms with Crippen LogP contribution in [-0.4, -0.2) is 94.4 Å². The molecule has 0 aromatic rings. The van der Waals surface area contributed by atoms with Gasteiger partial charge in [-0.1, -0.05) is 0 Å². The molecule has 0 heterocycles. The maximum Gasteiger partial charge on any atom is 6.00 e. The molecule has 0 amide bonds. The molecule has 0 aromatic heterocycles. The van der Waals surface area contributed by atoms with Crippen molar-refractivity contribution in [2.45, 2.75) is 0 Å². The van der Waals surface area contributed by atoms with E-state index < -0.39 is 0 Å². The maximum atomic E-state index is 0. The van der Waals surface area contributed by atoms with Crippen LogP contribution in [0.2, 0.25) is 0 Å². The van der Waals surface area contributed by atoms with Crippen LogP contribution in [0.4, 0.5) is 0 Å². The first-order chi connectivity index (χ1) is 0. The molecular formula is BaO5SrW. The largest absolute Gasteiger partial charge is 6.00 e. The summed E-state index contributed by atoms with van der Waals surface area (Å²) in [5.74, 6) is 0. The third-order valence-corrected chi connectivity index (χ3v) is 0. The zero-order chi connectivity index (χ0) is 0. The molecule has 0 aliphatic carbocycles. The summed E-state index contributed by atoms with van der Waals surface area (Å²) in [5.41, 5.74) is 0. The summed E-state index contributed by atoms with van der Waals surface area (Å²) in [6.07, 6.45) is 0. The molecule has 8 heavy (non-hydrogen) atoms. The summed E-state index contributed by atoms with van der Waals surface area (Å²) in [6, 6.07) is 0. The molecule has 0 saturated carbocycles. The normalized spacial score (nSPS) is 0. The predicted octanol–water partition coefficient (Wildman–Crippen LogP) is -1.36. The van der Waals surface area contributed by atoms with Crippen LogP contribution in [0, 0.1) is 0 Å². The van der Waals surface area contributed by atoms with Gasteiger partial charge < -0.3 is 27.4 Å². The van der Waals surface area contributed by atoms with Crippen molar-refractivity contribution in [2.75, 3.05) is 0 Å². The summed E-state index contributed by atoms with van der Waals surface area (Å²) in [5, 5.41) is 0. The molecule has 0 spiro atoms. The van der Waals surface area contributed by atoms with Crippen LogP contribution in [0.25, 0.3) is 0 Å². The summed E-state index contributed by atoms with van der Waals surface area (Å²) in [6.45, 7) is 0. The maximum absolute atomic E-state index is 0. The van der Waals surface area contributed by atoms with Gasteiger partial charge in [0, 0.05) is 0 Å². The fourth-order valence-corrected chi connectivity index (χ4v) is 0. The van der Waals surface area contributed by atoms with Gasteiger partial charge in [0.25, 0.3) is 0 Å². The van der Waals surface area contributed by atoms with Gasteiger partial charge in [0.2, 0.25) is 0 Å². The summed E-state index contributed by atoms with van der Waals surface area (Å²) < 4.78 is 0. The van der Waals surface area contributed by atoms with Gasteiger partial charge in [-0.25, -0.2) is 0 Å². The van der Waals surface area contributed by atoms with Crippen molar-refractivity contribution in [3.63, 3.8) is 0 Å². The minimum Gasteiger partial charge on any atom is -2.00 e. The fraction of sp³-hybridized carbons (Fsp3) is 0. The molecule has 8 heteroatoms. The number of hydrogen-bond acceptors (Lipinski definition) is 0. The Hall–Kier alpha value is 3.54. The molecule has 0 aromatic carbocycles. The Labute approximate surface area is 139 Å². The Morgan fingerprint density at radius 1 is 0.500 bits per heavy atom. The zero-order valence-corrected chi connectivity index (χ0v) is 14.7. The zero-order valence-electron chi connectivity index (χ0n) is 3.86. The van der Waals surface area contributed by atoms with Crippen molar-refractivity contribution >= 4 is 94.4 Å². The van der Waals surface area contributed by atoms with Gasteiger partial charge in [0.1, 0.15) is 0 Å². The Morgan fingerprint density at radius 3 is 0.500 bits per heavy atom. The van der Waals surface area contributed by atoms with Crippen LogP contribution < -0.4 is 0 Å². The van der Waals surface area contributed by atoms with Gasteiger partial charge >= 0.3 is 115 Å². The van der Waals surface area contributed by atoms with Crippen LogP contribution in [-0.2, 0) is 48.4 Å². The Morgan fingerprint density at radius 2 is 0.500 bits per heavy atom. The van der Waals surface area contributed by atoms with Crippen molar-refractivity contribution < 1.29 is 48.4 Å². The third kappa shape index (κ3) is 55.5. The van der Waals surface area contributed by atoms with Gasteiger partial charge in [-0.3, -0.25) is 0 Å². The second-order valence-electron chi connectivity index (χ2n) is 0. The van der Waals surface area contributed by atoms with E-state index in [1.165, 1.54) is 0 Å². The number of rotatable bonds is 0. The topological polar surface area (TPSA) is 142 Å². The molecule has 0 fully saturated rings. The van der Waals surface area contributed by atoms with E-state index in [2.05, 4.69) is 0 Å². The second kappa shape index (κ2) is 76.5. The average Bonchev–Trinajstić information content (AvgIpc) is 0. The molecular weight excluding hydrogens is 489 g/mol. The van der Waals surface area contributed by atoms with Crippen molar-refractivity contribution in [1.29, 1.82) is 0 Å². The molecule has 0 rings (SSSR count). The molecule has 0 unspecified atom stereocenters. The first-order valence-electron chi connectivity index (χ1n) is 0. The van der Waals surface area contributed by atoms with Crippen LogP contribution in [0.3, 0.4) is 0 Å². The second-order valence-corrected chi connectivity index (χ2v) is 0. The van der Waals surface area contributed by atoms with E-state index in [1.54, 1.807) is 0 Å².